The summed E-state index contributed by atoms with van der Waals surface area (Å²) in [6.07, 6.45) is 1.60. The van der Waals surface area contributed by atoms with Crippen molar-refractivity contribution in [1.29, 1.82) is 0 Å². The number of H-pyrrole nitrogens is 1. The molecule has 0 bridgehead atoms. The molecule has 3 aromatic rings. The number of para-hydroxylation sites is 1. The highest BCUT2D eigenvalue weighted by atomic mass is 32.1. The van der Waals surface area contributed by atoms with Crippen molar-refractivity contribution in [2.24, 2.45) is 5.10 Å². The molecule has 0 saturated heterocycles. The van der Waals surface area contributed by atoms with Crippen molar-refractivity contribution < 1.29 is 9.53 Å². The van der Waals surface area contributed by atoms with E-state index >= 15 is 0 Å². The molecule has 1 aromatic carbocycles. The second kappa shape index (κ2) is 7.56. The number of benzene rings is 1. The zero-order chi connectivity index (χ0) is 16.8. The highest BCUT2D eigenvalue weighted by Crippen LogP contribution is 2.28. The van der Waals surface area contributed by atoms with Gasteiger partial charge in [0.05, 0.1) is 18.5 Å². The summed E-state index contributed by atoms with van der Waals surface area (Å²) in [6, 6.07) is 13.1. The summed E-state index contributed by atoms with van der Waals surface area (Å²) in [6.45, 7) is 2.48. The first-order valence-corrected chi connectivity index (χ1v) is 8.30. The van der Waals surface area contributed by atoms with Crippen LogP contribution in [0.4, 0.5) is 0 Å². The fraction of sp³-hybridized carbons (Fsp3) is 0.118. The summed E-state index contributed by atoms with van der Waals surface area (Å²) in [5.41, 5.74) is 4.28. The predicted molar refractivity (Wildman–Crippen MR) is 94.6 cm³/mol. The molecule has 24 heavy (non-hydrogen) atoms. The van der Waals surface area contributed by atoms with Gasteiger partial charge in [-0.15, -0.1) is 11.3 Å². The molecule has 0 aliphatic rings. The molecule has 2 aromatic heterocycles. The average molecular weight is 340 g/mol. The molecule has 0 spiro atoms. The van der Waals surface area contributed by atoms with Crippen molar-refractivity contribution in [3.8, 4) is 17.0 Å². The number of nitrogens with one attached hydrogen (secondary N) is 2. The van der Waals surface area contributed by atoms with Crippen molar-refractivity contribution in [2.45, 2.75) is 6.92 Å². The number of nitrogens with zero attached hydrogens (tertiary/aromatic N) is 2. The van der Waals surface area contributed by atoms with Crippen molar-refractivity contribution in [1.82, 2.24) is 15.6 Å². The van der Waals surface area contributed by atoms with Crippen LogP contribution in [0.3, 0.4) is 0 Å². The topological polar surface area (TPSA) is 79.4 Å². The maximum Gasteiger partial charge on any atom is 0.289 e. The summed E-state index contributed by atoms with van der Waals surface area (Å²) in [7, 11) is 0. The lowest BCUT2D eigenvalue weighted by molar-refractivity contribution is 0.0950. The Hall–Kier alpha value is -2.93. The zero-order valence-corrected chi connectivity index (χ0v) is 13.8. The molecular weight excluding hydrogens is 324 g/mol. The summed E-state index contributed by atoms with van der Waals surface area (Å²) in [5, 5.41) is 12.8. The highest BCUT2D eigenvalue weighted by Gasteiger charge is 2.13. The Labute approximate surface area is 143 Å². The summed E-state index contributed by atoms with van der Waals surface area (Å²) in [5.74, 6) is 0.379. The molecule has 0 saturated carbocycles. The molecule has 2 N–H and O–H groups in total. The van der Waals surface area contributed by atoms with Crippen molar-refractivity contribution in [2.75, 3.05) is 6.61 Å². The first-order chi connectivity index (χ1) is 11.8. The van der Waals surface area contributed by atoms with Crippen molar-refractivity contribution in [3.05, 3.63) is 58.4 Å². The Bertz CT molecular complexity index is 840. The van der Waals surface area contributed by atoms with Gasteiger partial charge in [0.25, 0.3) is 5.91 Å². The highest BCUT2D eigenvalue weighted by molar-refractivity contribution is 7.11. The van der Waals surface area contributed by atoms with Crippen molar-refractivity contribution in [3.63, 3.8) is 0 Å². The molecular formula is C17H16N4O2S. The molecule has 0 aliphatic heterocycles. The van der Waals surface area contributed by atoms with E-state index in [2.05, 4.69) is 20.7 Å². The maximum atomic E-state index is 12.1. The summed E-state index contributed by atoms with van der Waals surface area (Å²) < 4.78 is 5.59. The minimum atomic E-state index is -0.351. The Morgan fingerprint density at radius 1 is 1.38 bits per heavy atom. The van der Waals surface area contributed by atoms with E-state index in [0.29, 0.717) is 18.0 Å². The third-order valence-corrected chi connectivity index (χ3v) is 3.99. The van der Waals surface area contributed by atoms with Gasteiger partial charge in [-0.25, -0.2) is 5.43 Å². The standard InChI is InChI=1S/C17H16N4O2S/c1-2-23-16-8-4-3-7-13(16)14-10-15(20-19-14)17(22)21-18-11-12-6-5-9-24-12/h3-11H,2H2,1H3,(H,19,20)(H,21,22)/b18-11+. The van der Waals surface area contributed by atoms with Crippen LogP contribution in [0, 0.1) is 0 Å². The molecule has 0 fully saturated rings. The largest absolute Gasteiger partial charge is 0.493 e. The molecule has 7 heteroatoms. The first kappa shape index (κ1) is 15.9. The van der Waals surface area contributed by atoms with Gasteiger partial charge in [-0.2, -0.15) is 10.2 Å². The quantitative estimate of drug-likeness (QED) is 0.534. The molecule has 3 rings (SSSR count). The number of hydrogen-bond donors (Lipinski definition) is 2. The van der Waals surface area contributed by atoms with E-state index in [-0.39, 0.29) is 5.91 Å². The second-order valence-corrected chi connectivity index (χ2v) is 5.79. The lowest BCUT2D eigenvalue weighted by Crippen LogP contribution is -2.17. The average Bonchev–Trinajstić information content (AvgIpc) is 3.27. The summed E-state index contributed by atoms with van der Waals surface area (Å²) >= 11 is 1.54. The van der Waals surface area contributed by atoms with E-state index in [1.54, 1.807) is 23.6 Å². The van der Waals surface area contributed by atoms with Crippen LogP contribution in [-0.4, -0.2) is 28.9 Å². The number of carbonyl (C=O) groups excluding carboxylic acids is 1. The third-order valence-electron chi connectivity index (χ3n) is 3.19. The number of aromatic amines is 1. The minimum absolute atomic E-state index is 0.333. The molecule has 1 amide bonds. The van der Waals surface area contributed by atoms with E-state index in [4.69, 9.17) is 4.74 Å². The number of carbonyl (C=O) groups is 1. The van der Waals surface area contributed by atoms with Crippen LogP contribution in [0.25, 0.3) is 11.3 Å². The molecule has 0 unspecified atom stereocenters. The smallest absolute Gasteiger partial charge is 0.289 e. The molecule has 2 heterocycles. The monoisotopic (exact) mass is 340 g/mol. The Kier molecular flexibility index (Phi) is 5.02. The van der Waals surface area contributed by atoms with Gasteiger partial charge in [0.2, 0.25) is 0 Å². The lowest BCUT2D eigenvalue weighted by atomic mass is 10.1. The van der Waals surface area contributed by atoms with Crippen LogP contribution in [0.1, 0.15) is 22.3 Å². The number of thiophene rings is 1. The van der Waals surface area contributed by atoms with Gasteiger partial charge in [0.15, 0.2) is 0 Å². The molecule has 6 nitrogen and oxygen atoms in total. The number of hydrogen-bond acceptors (Lipinski definition) is 5. The number of rotatable bonds is 6. The second-order valence-electron chi connectivity index (χ2n) is 4.81. The SMILES string of the molecule is CCOc1ccccc1-c1cc(C(=O)N/N=C/c2cccs2)[nH]n1. The van der Waals surface area contributed by atoms with E-state index in [1.807, 2.05) is 48.7 Å². The molecule has 122 valence electrons. The van der Waals surface area contributed by atoms with Crippen LogP contribution in [0.2, 0.25) is 0 Å². The number of hydrazone groups is 1. The third kappa shape index (κ3) is 3.69. The van der Waals surface area contributed by atoms with E-state index in [1.165, 1.54) is 0 Å². The van der Waals surface area contributed by atoms with Gasteiger partial charge in [0, 0.05) is 10.4 Å². The maximum absolute atomic E-state index is 12.1. The van der Waals surface area contributed by atoms with Crippen LogP contribution in [0.15, 0.2) is 52.9 Å². The van der Waals surface area contributed by atoms with Gasteiger partial charge >= 0.3 is 0 Å². The van der Waals surface area contributed by atoms with Crippen LogP contribution < -0.4 is 10.2 Å². The van der Waals surface area contributed by atoms with E-state index in [0.717, 1.165) is 16.2 Å². The lowest BCUT2D eigenvalue weighted by Gasteiger charge is -2.07. The minimum Gasteiger partial charge on any atom is -0.493 e. The first-order valence-electron chi connectivity index (χ1n) is 7.42. The van der Waals surface area contributed by atoms with Crippen LogP contribution in [0.5, 0.6) is 5.75 Å². The van der Waals surface area contributed by atoms with Gasteiger partial charge in [-0.3, -0.25) is 9.89 Å². The van der Waals surface area contributed by atoms with Gasteiger partial charge in [0.1, 0.15) is 11.4 Å². The predicted octanol–water partition coefficient (Wildman–Crippen LogP) is 3.30. The molecule has 0 aliphatic carbocycles. The van der Waals surface area contributed by atoms with Gasteiger partial charge < -0.3 is 4.74 Å². The van der Waals surface area contributed by atoms with Crippen molar-refractivity contribution >= 4 is 23.5 Å². The van der Waals surface area contributed by atoms with Gasteiger partial charge in [-0.1, -0.05) is 18.2 Å². The number of aromatic nitrogens is 2. The Balaban J connectivity index is 1.72. The summed E-state index contributed by atoms with van der Waals surface area (Å²) in [4.78, 5) is 13.1. The number of ether oxygens (including phenoxy) is 1. The molecule has 0 radical (unpaired) electrons. The Morgan fingerprint density at radius 2 is 2.25 bits per heavy atom. The molecule has 0 atom stereocenters. The van der Waals surface area contributed by atoms with E-state index in [9.17, 15) is 4.79 Å². The fourth-order valence-corrected chi connectivity index (χ4v) is 2.70. The van der Waals surface area contributed by atoms with E-state index < -0.39 is 0 Å². The normalized spacial score (nSPS) is 10.9. The Morgan fingerprint density at radius 3 is 3.04 bits per heavy atom. The number of amides is 1. The van der Waals surface area contributed by atoms with Gasteiger partial charge in [-0.05, 0) is 36.6 Å². The van der Waals surface area contributed by atoms with Crippen LogP contribution in [-0.2, 0) is 0 Å². The van der Waals surface area contributed by atoms with Crippen LogP contribution >= 0.6 is 11.3 Å². The fourth-order valence-electron chi connectivity index (χ4n) is 2.12. The zero-order valence-electron chi connectivity index (χ0n) is 13.0.